The number of benzene rings is 2. The summed E-state index contributed by atoms with van der Waals surface area (Å²) in [5, 5.41) is 14.4. The molecule has 29 heavy (non-hydrogen) atoms. The van der Waals surface area contributed by atoms with Crippen LogP contribution in [0.4, 0.5) is 13.2 Å². The van der Waals surface area contributed by atoms with Gasteiger partial charge >= 0.3 is 6.18 Å². The molecule has 0 aliphatic rings. The van der Waals surface area contributed by atoms with Crippen LogP contribution in [-0.4, -0.2) is 33.2 Å². The average Bonchev–Trinajstić information content (AvgIpc) is 3.21. The molecule has 0 fully saturated rings. The summed E-state index contributed by atoms with van der Waals surface area (Å²) in [7, 11) is 1.54. The van der Waals surface area contributed by atoms with E-state index < -0.39 is 17.8 Å². The van der Waals surface area contributed by atoms with E-state index in [0.29, 0.717) is 5.75 Å². The molecule has 1 atom stereocenters. The molecule has 0 aliphatic heterocycles. The molecule has 0 bridgehead atoms. The number of tetrazole rings is 1. The van der Waals surface area contributed by atoms with Crippen LogP contribution in [0.15, 0.2) is 48.5 Å². The van der Waals surface area contributed by atoms with Crippen LogP contribution in [-0.2, 0) is 17.5 Å². The highest BCUT2D eigenvalue weighted by Crippen LogP contribution is 2.31. The summed E-state index contributed by atoms with van der Waals surface area (Å²) in [5.41, 5.74) is 0.147. The van der Waals surface area contributed by atoms with Gasteiger partial charge < -0.3 is 10.1 Å². The van der Waals surface area contributed by atoms with Crippen molar-refractivity contribution in [3.8, 4) is 17.1 Å². The van der Waals surface area contributed by atoms with Gasteiger partial charge in [0, 0.05) is 17.7 Å². The molecule has 0 radical (unpaired) electrons. The third-order valence-electron chi connectivity index (χ3n) is 4.25. The number of hydrogen-bond donors (Lipinski definition) is 1. The molecular formula is C19H18F3N5O2. The van der Waals surface area contributed by atoms with Crippen molar-refractivity contribution in [2.24, 2.45) is 0 Å². The normalized spacial score (nSPS) is 12.4. The van der Waals surface area contributed by atoms with Crippen LogP contribution in [0.2, 0.25) is 0 Å². The van der Waals surface area contributed by atoms with Crippen LogP contribution in [0.25, 0.3) is 11.4 Å². The lowest BCUT2D eigenvalue weighted by molar-refractivity contribution is -0.137. The van der Waals surface area contributed by atoms with Crippen molar-refractivity contribution in [3.05, 3.63) is 59.7 Å². The van der Waals surface area contributed by atoms with Crippen LogP contribution < -0.4 is 10.1 Å². The summed E-state index contributed by atoms with van der Waals surface area (Å²) in [4.78, 5) is 13.5. The van der Waals surface area contributed by atoms with Gasteiger partial charge in [0.2, 0.25) is 11.7 Å². The minimum Gasteiger partial charge on any atom is -0.496 e. The maximum absolute atomic E-state index is 12.9. The zero-order chi connectivity index (χ0) is 21.0. The van der Waals surface area contributed by atoms with Crippen molar-refractivity contribution < 1.29 is 22.7 Å². The second-order valence-corrected chi connectivity index (χ2v) is 6.22. The average molecular weight is 405 g/mol. The monoisotopic (exact) mass is 405 g/mol. The van der Waals surface area contributed by atoms with Crippen LogP contribution in [0.3, 0.4) is 0 Å². The Bertz CT molecular complexity index is 1000. The molecule has 7 nitrogen and oxygen atoms in total. The zero-order valence-electron chi connectivity index (χ0n) is 15.6. The lowest BCUT2D eigenvalue weighted by atomic mass is 10.1. The van der Waals surface area contributed by atoms with Gasteiger partial charge in [0.25, 0.3) is 0 Å². The number of halogens is 3. The molecule has 0 spiro atoms. The van der Waals surface area contributed by atoms with E-state index in [9.17, 15) is 18.0 Å². The second-order valence-electron chi connectivity index (χ2n) is 6.22. The summed E-state index contributed by atoms with van der Waals surface area (Å²) in [6, 6.07) is 11.1. The summed E-state index contributed by atoms with van der Waals surface area (Å²) in [6.45, 7) is 1.80. The molecule has 1 aromatic heterocycles. The Hall–Kier alpha value is -3.43. The fourth-order valence-electron chi connectivity index (χ4n) is 2.62. The van der Waals surface area contributed by atoms with Gasteiger partial charge in [-0.25, -0.2) is 0 Å². The first kappa shape index (κ1) is 20.3. The van der Waals surface area contributed by atoms with Crippen LogP contribution in [0.1, 0.15) is 24.1 Å². The molecule has 1 unspecified atom stereocenters. The fraction of sp³-hybridized carbons (Fsp3) is 0.263. The van der Waals surface area contributed by atoms with Gasteiger partial charge in [0.15, 0.2) is 0 Å². The quantitative estimate of drug-likeness (QED) is 0.681. The molecule has 3 aromatic rings. The minimum atomic E-state index is -4.47. The summed E-state index contributed by atoms with van der Waals surface area (Å²) in [6.07, 6.45) is -4.47. The third kappa shape index (κ3) is 4.71. The summed E-state index contributed by atoms with van der Waals surface area (Å²) >= 11 is 0. The fourth-order valence-corrected chi connectivity index (χ4v) is 2.62. The van der Waals surface area contributed by atoms with Crippen molar-refractivity contribution in [1.29, 1.82) is 0 Å². The van der Waals surface area contributed by atoms with E-state index in [1.807, 2.05) is 18.2 Å². The Balaban J connectivity index is 1.70. The maximum Gasteiger partial charge on any atom is 0.416 e. The number of carbonyl (C=O) groups excluding carboxylic acids is 1. The predicted octanol–water partition coefficient (Wildman–Crippen LogP) is 3.24. The van der Waals surface area contributed by atoms with E-state index in [0.717, 1.165) is 22.5 Å². The number of amides is 1. The van der Waals surface area contributed by atoms with Gasteiger partial charge in [-0.2, -0.15) is 18.0 Å². The van der Waals surface area contributed by atoms with Gasteiger partial charge in [-0.15, -0.1) is 10.2 Å². The first-order chi connectivity index (χ1) is 13.8. The summed E-state index contributed by atoms with van der Waals surface area (Å²) < 4.78 is 43.9. The van der Waals surface area contributed by atoms with E-state index in [1.165, 1.54) is 19.2 Å². The van der Waals surface area contributed by atoms with Gasteiger partial charge in [0.1, 0.15) is 11.8 Å². The highest BCUT2D eigenvalue weighted by Gasteiger charge is 2.31. The minimum absolute atomic E-state index is 0.000443. The van der Waals surface area contributed by atoms with Crippen LogP contribution in [0, 0.1) is 0 Å². The molecule has 0 saturated heterocycles. The van der Waals surface area contributed by atoms with E-state index in [2.05, 4.69) is 20.7 Å². The predicted molar refractivity (Wildman–Crippen MR) is 97.8 cm³/mol. The molecule has 1 heterocycles. The van der Waals surface area contributed by atoms with Gasteiger partial charge in [-0.1, -0.05) is 30.3 Å². The van der Waals surface area contributed by atoms with E-state index in [4.69, 9.17) is 4.74 Å². The molecule has 2 aromatic carbocycles. The Morgan fingerprint density at radius 2 is 1.97 bits per heavy atom. The first-order valence-electron chi connectivity index (χ1n) is 8.66. The van der Waals surface area contributed by atoms with Crippen molar-refractivity contribution >= 4 is 5.91 Å². The topological polar surface area (TPSA) is 81.9 Å². The number of carbonyl (C=O) groups is 1. The Morgan fingerprint density at radius 3 is 2.69 bits per heavy atom. The largest absolute Gasteiger partial charge is 0.496 e. The third-order valence-corrected chi connectivity index (χ3v) is 4.25. The molecule has 152 valence electrons. The van der Waals surface area contributed by atoms with Crippen molar-refractivity contribution in [3.63, 3.8) is 0 Å². The molecule has 1 amide bonds. The first-order valence-corrected chi connectivity index (χ1v) is 8.66. The number of ether oxygens (including phenoxy) is 1. The number of nitrogens with one attached hydrogen (secondary N) is 1. The lowest BCUT2D eigenvalue weighted by Crippen LogP contribution is -2.31. The zero-order valence-corrected chi connectivity index (χ0v) is 15.6. The Labute approximate surface area is 164 Å². The van der Waals surface area contributed by atoms with Gasteiger partial charge in [-0.3, -0.25) is 4.79 Å². The summed E-state index contributed by atoms with van der Waals surface area (Å²) in [5.74, 6) is 0.274. The Morgan fingerprint density at radius 1 is 1.21 bits per heavy atom. The molecule has 0 saturated carbocycles. The highest BCUT2D eigenvalue weighted by atomic mass is 19.4. The Kier molecular flexibility index (Phi) is 5.81. The van der Waals surface area contributed by atoms with E-state index in [-0.39, 0.29) is 23.8 Å². The number of para-hydroxylation sites is 1. The smallest absolute Gasteiger partial charge is 0.416 e. The molecule has 10 heteroatoms. The number of rotatable bonds is 6. The number of nitrogens with zero attached hydrogens (tertiary/aromatic N) is 4. The number of aromatic nitrogens is 4. The van der Waals surface area contributed by atoms with Crippen LogP contribution >= 0.6 is 0 Å². The molecule has 0 aliphatic carbocycles. The maximum atomic E-state index is 12.9. The van der Waals surface area contributed by atoms with Crippen LogP contribution in [0.5, 0.6) is 5.75 Å². The van der Waals surface area contributed by atoms with E-state index in [1.54, 1.807) is 13.0 Å². The highest BCUT2D eigenvalue weighted by molar-refractivity contribution is 5.79. The number of alkyl halides is 3. The lowest BCUT2D eigenvalue weighted by Gasteiger charge is -2.12. The van der Waals surface area contributed by atoms with Gasteiger partial charge in [0.05, 0.1) is 12.7 Å². The van der Waals surface area contributed by atoms with Crippen molar-refractivity contribution in [2.45, 2.75) is 25.7 Å². The van der Waals surface area contributed by atoms with Gasteiger partial charge in [-0.05, 0) is 30.3 Å². The number of methoxy groups -OCH3 is 1. The number of hydrogen-bond acceptors (Lipinski definition) is 5. The molecule has 1 N–H and O–H groups in total. The molecule has 3 rings (SSSR count). The SMILES string of the molecule is COc1ccccc1CNC(=O)C(C)n1nnc(-c2cccc(C(F)(F)F)c2)n1. The second kappa shape index (κ2) is 8.29. The van der Waals surface area contributed by atoms with E-state index >= 15 is 0 Å². The molecular weight excluding hydrogens is 387 g/mol. The standard InChI is InChI=1S/C19H18F3N5O2/c1-12(18(28)23-11-14-6-3-4-9-16(14)29-2)27-25-17(24-26-27)13-7-5-8-15(10-13)19(20,21)22/h3-10,12H,11H2,1-2H3,(H,23,28). The van der Waals surface area contributed by atoms with Crippen molar-refractivity contribution in [2.75, 3.05) is 7.11 Å². The van der Waals surface area contributed by atoms with Crippen molar-refractivity contribution in [1.82, 2.24) is 25.5 Å².